The van der Waals surface area contributed by atoms with Gasteiger partial charge in [0.25, 0.3) is 5.91 Å². The minimum Gasteiger partial charge on any atom is -0.337 e. The first kappa shape index (κ1) is 16.1. The van der Waals surface area contributed by atoms with Crippen LogP contribution in [0.1, 0.15) is 29.9 Å². The molecule has 6 heteroatoms. The van der Waals surface area contributed by atoms with Crippen molar-refractivity contribution in [2.24, 2.45) is 11.1 Å². The van der Waals surface area contributed by atoms with Crippen LogP contribution in [0.2, 0.25) is 10.0 Å². The third-order valence-corrected chi connectivity index (χ3v) is 6.27. The molecule has 0 aliphatic carbocycles. The number of benzene rings is 1. The summed E-state index contributed by atoms with van der Waals surface area (Å²) in [4.78, 5) is 15.3. The summed E-state index contributed by atoms with van der Waals surface area (Å²) in [5.41, 5.74) is 6.06. The molecule has 118 valence electrons. The molecule has 1 unspecified atom stereocenters. The van der Waals surface area contributed by atoms with Gasteiger partial charge in [0.2, 0.25) is 0 Å². The number of piperidine rings is 1. The Balaban J connectivity index is 1.94. The fourth-order valence-electron chi connectivity index (χ4n) is 2.87. The van der Waals surface area contributed by atoms with Gasteiger partial charge in [-0.15, -0.1) is 11.3 Å². The molecule has 2 N–H and O–H groups in total. The number of halogens is 2. The summed E-state index contributed by atoms with van der Waals surface area (Å²) in [6.07, 6.45) is 0.813. The van der Waals surface area contributed by atoms with Crippen molar-refractivity contribution in [2.75, 3.05) is 13.1 Å². The van der Waals surface area contributed by atoms with E-state index in [1.54, 1.807) is 6.07 Å². The van der Waals surface area contributed by atoms with Gasteiger partial charge in [-0.1, -0.05) is 43.1 Å². The summed E-state index contributed by atoms with van der Waals surface area (Å²) < 4.78 is 0.939. The quantitative estimate of drug-likeness (QED) is 0.822. The van der Waals surface area contributed by atoms with Gasteiger partial charge in [-0.2, -0.15) is 0 Å². The molecule has 0 spiro atoms. The monoisotopic (exact) mass is 356 g/mol. The summed E-state index contributed by atoms with van der Waals surface area (Å²) in [7, 11) is 0. The highest BCUT2D eigenvalue weighted by atomic mass is 35.5. The van der Waals surface area contributed by atoms with E-state index in [0.29, 0.717) is 28.0 Å². The molecule has 22 heavy (non-hydrogen) atoms. The predicted octanol–water partition coefficient (Wildman–Crippen LogP) is 4.41. The standard InChI is InChI=1S/C16H18Cl2N2OS/c1-16(2)8-20(6-5-12(16)19)15(21)14-13(18)10-4-3-9(17)7-11(10)22-14/h3-4,7,12H,5-6,8,19H2,1-2H3. The Labute approximate surface area is 144 Å². The first-order valence-electron chi connectivity index (χ1n) is 7.22. The number of hydrogen-bond donors (Lipinski definition) is 1. The highest BCUT2D eigenvalue weighted by Crippen LogP contribution is 2.38. The van der Waals surface area contributed by atoms with Gasteiger partial charge in [0.05, 0.1) is 5.02 Å². The first-order chi connectivity index (χ1) is 10.3. The zero-order valence-electron chi connectivity index (χ0n) is 12.5. The van der Waals surface area contributed by atoms with E-state index in [-0.39, 0.29) is 17.4 Å². The van der Waals surface area contributed by atoms with Gasteiger partial charge in [-0.3, -0.25) is 4.79 Å². The number of amides is 1. The number of carbonyl (C=O) groups excluding carboxylic acids is 1. The van der Waals surface area contributed by atoms with E-state index in [9.17, 15) is 4.79 Å². The van der Waals surface area contributed by atoms with Crippen LogP contribution in [0.15, 0.2) is 18.2 Å². The largest absolute Gasteiger partial charge is 0.337 e. The molecule has 0 bridgehead atoms. The summed E-state index contributed by atoms with van der Waals surface area (Å²) in [6.45, 7) is 5.53. The Morgan fingerprint density at radius 3 is 2.82 bits per heavy atom. The van der Waals surface area contributed by atoms with Crippen LogP contribution < -0.4 is 5.73 Å². The lowest BCUT2D eigenvalue weighted by Crippen LogP contribution is -2.53. The minimum atomic E-state index is -0.0830. The number of carbonyl (C=O) groups is 1. The van der Waals surface area contributed by atoms with E-state index in [0.717, 1.165) is 16.5 Å². The molecule has 0 radical (unpaired) electrons. The molecule has 1 aromatic heterocycles. The lowest BCUT2D eigenvalue weighted by molar-refractivity contribution is 0.0538. The number of thiophene rings is 1. The highest BCUT2D eigenvalue weighted by molar-refractivity contribution is 7.21. The van der Waals surface area contributed by atoms with Crippen LogP contribution in [0.5, 0.6) is 0 Å². The van der Waals surface area contributed by atoms with Crippen molar-refractivity contribution < 1.29 is 4.79 Å². The van der Waals surface area contributed by atoms with Gasteiger partial charge in [0, 0.05) is 34.2 Å². The maximum atomic E-state index is 12.8. The van der Waals surface area contributed by atoms with Crippen LogP contribution in [-0.4, -0.2) is 29.9 Å². The fourth-order valence-corrected chi connectivity index (χ4v) is 4.62. The number of rotatable bonds is 1. The summed E-state index contributed by atoms with van der Waals surface area (Å²) in [6, 6.07) is 5.62. The number of fused-ring (bicyclic) bond motifs is 1. The molecule has 1 aliphatic rings. The smallest absolute Gasteiger partial charge is 0.265 e. The van der Waals surface area contributed by atoms with Crippen LogP contribution in [0.3, 0.4) is 0 Å². The van der Waals surface area contributed by atoms with Crippen molar-refractivity contribution in [2.45, 2.75) is 26.3 Å². The summed E-state index contributed by atoms with van der Waals surface area (Å²) in [5.74, 6) is -0.0118. The second kappa shape index (κ2) is 5.68. The zero-order chi connectivity index (χ0) is 16.1. The van der Waals surface area contributed by atoms with Crippen LogP contribution in [-0.2, 0) is 0 Å². The second-order valence-electron chi connectivity index (χ2n) is 6.50. The number of nitrogens with zero attached hydrogens (tertiary/aromatic N) is 1. The molecule has 3 rings (SSSR count). The van der Waals surface area contributed by atoms with Gasteiger partial charge in [-0.25, -0.2) is 0 Å². The topological polar surface area (TPSA) is 46.3 Å². The first-order valence-corrected chi connectivity index (χ1v) is 8.79. The van der Waals surface area contributed by atoms with Crippen molar-refractivity contribution >= 4 is 50.5 Å². The van der Waals surface area contributed by atoms with Gasteiger partial charge in [-0.05, 0) is 24.0 Å². The maximum absolute atomic E-state index is 12.8. The van der Waals surface area contributed by atoms with Crippen LogP contribution >= 0.6 is 34.5 Å². The third-order valence-electron chi connectivity index (χ3n) is 4.39. The number of nitrogens with two attached hydrogens (primary N) is 1. The molecule has 2 heterocycles. The Hall–Kier alpha value is -0.810. The normalized spacial score (nSPS) is 21.3. The number of hydrogen-bond acceptors (Lipinski definition) is 3. The van der Waals surface area contributed by atoms with Crippen molar-refractivity contribution in [3.63, 3.8) is 0 Å². The van der Waals surface area contributed by atoms with Crippen LogP contribution in [0.25, 0.3) is 10.1 Å². The van der Waals surface area contributed by atoms with E-state index < -0.39 is 0 Å². The average molecular weight is 357 g/mol. The van der Waals surface area contributed by atoms with Crippen LogP contribution in [0.4, 0.5) is 0 Å². The molecular weight excluding hydrogens is 339 g/mol. The summed E-state index contributed by atoms with van der Waals surface area (Å²) in [5, 5.41) is 2.05. The Kier molecular flexibility index (Phi) is 4.14. The van der Waals surface area contributed by atoms with Gasteiger partial charge in [0.15, 0.2) is 0 Å². The van der Waals surface area contributed by atoms with Gasteiger partial charge < -0.3 is 10.6 Å². The number of likely N-dealkylation sites (tertiary alicyclic amines) is 1. The van der Waals surface area contributed by atoms with Gasteiger partial charge >= 0.3 is 0 Å². The highest BCUT2D eigenvalue weighted by Gasteiger charge is 2.36. The third kappa shape index (κ3) is 2.73. The van der Waals surface area contributed by atoms with E-state index in [1.165, 1.54) is 11.3 Å². The average Bonchev–Trinajstić information content (AvgIpc) is 2.77. The molecule has 0 saturated carbocycles. The molecule has 1 aliphatic heterocycles. The second-order valence-corrected chi connectivity index (χ2v) is 8.36. The minimum absolute atomic E-state index is 0.0118. The summed E-state index contributed by atoms with van der Waals surface area (Å²) >= 11 is 13.8. The Bertz CT molecular complexity index is 741. The molecule has 1 fully saturated rings. The molecular formula is C16H18Cl2N2OS. The molecule has 1 amide bonds. The SMILES string of the molecule is CC1(C)CN(C(=O)c2sc3cc(Cl)ccc3c2Cl)CCC1N. The van der Waals surface area contributed by atoms with Gasteiger partial charge in [0.1, 0.15) is 4.88 Å². The lowest BCUT2D eigenvalue weighted by atomic mass is 9.79. The molecule has 3 nitrogen and oxygen atoms in total. The maximum Gasteiger partial charge on any atom is 0.265 e. The van der Waals surface area contributed by atoms with Crippen molar-refractivity contribution in [3.05, 3.63) is 33.1 Å². The van der Waals surface area contributed by atoms with Crippen LogP contribution in [0, 0.1) is 5.41 Å². The molecule has 1 aromatic carbocycles. The van der Waals surface area contributed by atoms with E-state index in [1.807, 2.05) is 17.0 Å². The zero-order valence-corrected chi connectivity index (χ0v) is 14.9. The molecule has 1 saturated heterocycles. The fraction of sp³-hybridized carbons (Fsp3) is 0.438. The Morgan fingerprint density at radius 1 is 1.41 bits per heavy atom. The molecule has 2 aromatic rings. The van der Waals surface area contributed by atoms with Crippen molar-refractivity contribution in [1.29, 1.82) is 0 Å². The molecule has 1 atom stereocenters. The van der Waals surface area contributed by atoms with E-state index in [4.69, 9.17) is 28.9 Å². The van der Waals surface area contributed by atoms with Crippen molar-refractivity contribution in [3.8, 4) is 0 Å². The predicted molar refractivity (Wildman–Crippen MR) is 94.1 cm³/mol. The van der Waals surface area contributed by atoms with E-state index >= 15 is 0 Å². The lowest BCUT2D eigenvalue weighted by Gasteiger charge is -2.42. The Morgan fingerprint density at radius 2 is 2.14 bits per heavy atom. The van der Waals surface area contributed by atoms with E-state index in [2.05, 4.69) is 13.8 Å². The van der Waals surface area contributed by atoms with Crippen molar-refractivity contribution in [1.82, 2.24) is 4.90 Å².